The Bertz CT molecular complexity index is 1560. The molecule has 0 aliphatic carbocycles. The van der Waals surface area contributed by atoms with Crippen LogP contribution in [0.1, 0.15) is 22.8 Å². The average Bonchev–Trinajstić information content (AvgIpc) is 3.61. The lowest BCUT2D eigenvalue weighted by atomic mass is 10.1. The van der Waals surface area contributed by atoms with Crippen LogP contribution < -0.4 is 0 Å². The first kappa shape index (κ1) is 18.6. The molecule has 2 aliphatic heterocycles. The molecule has 0 spiro atoms. The zero-order chi connectivity index (χ0) is 22.0. The zero-order valence-electron chi connectivity index (χ0n) is 16.2. The van der Waals surface area contributed by atoms with Crippen molar-refractivity contribution in [3.63, 3.8) is 0 Å². The molecule has 2 N–H and O–H groups in total. The second-order valence-electron chi connectivity index (χ2n) is 7.39. The van der Waals surface area contributed by atoms with Crippen molar-refractivity contribution in [2.75, 3.05) is 0 Å². The van der Waals surface area contributed by atoms with E-state index in [1.165, 1.54) is 36.4 Å². The molecule has 0 amide bonds. The van der Waals surface area contributed by atoms with E-state index in [-0.39, 0.29) is 44.8 Å². The van der Waals surface area contributed by atoms with E-state index in [0.29, 0.717) is 10.8 Å². The van der Waals surface area contributed by atoms with Crippen molar-refractivity contribution in [2.24, 2.45) is 0 Å². The SMILES string of the molecule is Fc1c2nc(c(F)c3[nH]c(c(F)c4nc(c(F)c5ccc1[nH]5)C=C4)c1ccccc31)C=C2. The van der Waals surface area contributed by atoms with E-state index in [9.17, 15) is 8.78 Å². The van der Waals surface area contributed by atoms with E-state index in [0.717, 1.165) is 0 Å². The summed E-state index contributed by atoms with van der Waals surface area (Å²) in [7, 11) is 0. The number of H-pyrrole nitrogens is 2. The van der Waals surface area contributed by atoms with Crippen LogP contribution in [0.25, 0.3) is 57.1 Å². The number of nitrogens with zero attached hydrogens (tertiary/aromatic N) is 2. The van der Waals surface area contributed by atoms with Crippen molar-refractivity contribution >= 4 is 57.1 Å². The molecule has 3 aromatic heterocycles. The Morgan fingerprint density at radius 2 is 0.906 bits per heavy atom. The predicted octanol–water partition coefficient (Wildman–Crippen LogP) is 6.37. The van der Waals surface area contributed by atoms with Gasteiger partial charge in [-0.05, 0) is 36.4 Å². The minimum Gasteiger partial charge on any atom is -0.351 e. The predicted molar refractivity (Wildman–Crippen MR) is 116 cm³/mol. The van der Waals surface area contributed by atoms with Gasteiger partial charge in [-0.2, -0.15) is 0 Å². The Kier molecular flexibility index (Phi) is 3.86. The Morgan fingerprint density at radius 1 is 0.500 bits per heavy atom. The Labute approximate surface area is 177 Å². The fourth-order valence-electron chi connectivity index (χ4n) is 3.92. The molecule has 6 rings (SSSR count). The highest BCUT2D eigenvalue weighted by molar-refractivity contribution is 6.08. The van der Waals surface area contributed by atoms with Crippen LogP contribution in [0.15, 0.2) is 36.4 Å². The topological polar surface area (TPSA) is 57.4 Å². The summed E-state index contributed by atoms with van der Waals surface area (Å²) in [5, 5.41) is 0.846. The van der Waals surface area contributed by atoms with E-state index in [4.69, 9.17) is 0 Å². The lowest BCUT2D eigenvalue weighted by molar-refractivity contribution is 0.617. The first-order chi connectivity index (χ1) is 15.5. The molecule has 4 aromatic rings. The second-order valence-corrected chi connectivity index (χ2v) is 7.39. The average molecular weight is 432 g/mol. The summed E-state index contributed by atoms with van der Waals surface area (Å²) in [6.07, 6.45) is 5.32. The molecule has 0 radical (unpaired) electrons. The highest BCUT2D eigenvalue weighted by Crippen LogP contribution is 2.31. The number of hydrogen-bond donors (Lipinski definition) is 2. The van der Waals surface area contributed by atoms with Gasteiger partial charge >= 0.3 is 0 Å². The number of aromatic nitrogens is 4. The van der Waals surface area contributed by atoms with Crippen molar-refractivity contribution in [3.05, 3.63) is 82.4 Å². The van der Waals surface area contributed by atoms with E-state index >= 15 is 8.78 Å². The van der Waals surface area contributed by atoms with Gasteiger partial charge in [0.05, 0.1) is 22.1 Å². The molecule has 0 unspecified atom stereocenters. The Morgan fingerprint density at radius 3 is 1.34 bits per heavy atom. The molecular weight excluding hydrogens is 420 g/mol. The molecule has 8 bridgehead atoms. The maximum atomic E-state index is 15.4. The monoisotopic (exact) mass is 432 g/mol. The van der Waals surface area contributed by atoms with Crippen LogP contribution in [0.4, 0.5) is 17.6 Å². The maximum absolute atomic E-state index is 15.4. The minimum absolute atomic E-state index is 0.00887. The lowest BCUT2D eigenvalue weighted by Gasteiger charge is -1.93. The van der Waals surface area contributed by atoms with Gasteiger partial charge in [-0.3, -0.25) is 0 Å². The highest BCUT2D eigenvalue weighted by Gasteiger charge is 2.18. The molecule has 2 aliphatic rings. The summed E-state index contributed by atoms with van der Waals surface area (Å²) in [6, 6.07) is 9.36. The normalized spacial score (nSPS) is 12.8. The van der Waals surface area contributed by atoms with E-state index < -0.39 is 23.3 Å². The first-order valence-electron chi connectivity index (χ1n) is 9.71. The molecule has 32 heavy (non-hydrogen) atoms. The van der Waals surface area contributed by atoms with Crippen molar-refractivity contribution in [3.8, 4) is 0 Å². The van der Waals surface area contributed by atoms with E-state index in [1.54, 1.807) is 24.3 Å². The zero-order valence-corrected chi connectivity index (χ0v) is 16.2. The summed E-state index contributed by atoms with van der Waals surface area (Å²) in [5.41, 5.74) is -0.478. The quantitative estimate of drug-likeness (QED) is 0.274. The number of fused-ring (bicyclic) bond motifs is 11. The van der Waals surface area contributed by atoms with Crippen molar-refractivity contribution in [2.45, 2.75) is 0 Å². The number of hydrogen-bond acceptors (Lipinski definition) is 2. The van der Waals surface area contributed by atoms with E-state index in [1.807, 2.05) is 0 Å². The molecule has 4 nitrogen and oxygen atoms in total. The molecule has 0 saturated carbocycles. The third-order valence-corrected chi connectivity index (χ3v) is 5.49. The van der Waals surface area contributed by atoms with Crippen LogP contribution in [-0.2, 0) is 0 Å². The van der Waals surface area contributed by atoms with Crippen LogP contribution in [0.3, 0.4) is 0 Å². The van der Waals surface area contributed by atoms with Crippen LogP contribution in [0.2, 0.25) is 0 Å². The van der Waals surface area contributed by atoms with Crippen LogP contribution in [-0.4, -0.2) is 19.9 Å². The molecule has 1 aromatic carbocycles. The van der Waals surface area contributed by atoms with Gasteiger partial charge < -0.3 is 9.97 Å². The van der Waals surface area contributed by atoms with Gasteiger partial charge in [-0.1, -0.05) is 24.3 Å². The standard InChI is InChI=1S/C24H12F4N4/c25-19-13-5-6-14(29-13)20(26)16-8-10-18(31-16)22(28)24-12-4-2-1-3-11(12)23(32-24)21(27)17-9-7-15(19)30-17/h1-10,29,32H. The molecular formula is C24H12F4N4. The summed E-state index contributed by atoms with van der Waals surface area (Å²) in [4.78, 5) is 13.5. The molecule has 5 heterocycles. The van der Waals surface area contributed by atoms with Crippen LogP contribution in [0.5, 0.6) is 0 Å². The first-order valence-corrected chi connectivity index (χ1v) is 9.71. The van der Waals surface area contributed by atoms with Gasteiger partial charge in [-0.25, -0.2) is 27.5 Å². The molecule has 8 heteroatoms. The summed E-state index contributed by atoms with van der Waals surface area (Å²) >= 11 is 0. The fraction of sp³-hybridized carbons (Fsp3) is 0. The Hall–Kier alpha value is -4.20. The third-order valence-electron chi connectivity index (χ3n) is 5.49. The van der Waals surface area contributed by atoms with Crippen molar-refractivity contribution < 1.29 is 17.6 Å². The van der Waals surface area contributed by atoms with Gasteiger partial charge in [0.25, 0.3) is 0 Å². The third kappa shape index (κ3) is 2.62. The van der Waals surface area contributed by atoms with Gasteiger partial charge in [0.2, 0.25) is 0 Å². The summed E-state index contributed by atoms with van der Waals surface area (Å²) in [6.45, 7) is 0. The number of nitrogens with one attached hydrogen (secondary N) is 2. The molecule has 0 atom stereocenters. The minimum atomic E-state index is -0.761. The largest absolute Gasteiger partial charge is 0.351 e. The fourth-order valence-corrected chi connectivity index (χ4v) is 3.92. The molecule has 0 saturated heterocycles. The number of rotatable bonds is 0. The van der Waals surface area contributed by atoms with Gasteiger partial charge in [0.15, 0.2) is 23.3 Å². The second kappa shape index (κ2) is 6.65. The van der Waals surface area contributed by atoms with Gasteiger partial charge in [0, 0.05) is 10.8 Å². The Balaban J connectivity index is 1.87. The maximum Gasteiger partial charge on any atom is 0.172 e. The van der Waals surface area contributed by atoms with Gasteiger partial charge in [0.1, 0.15) is 22.8 Å². The van der Waals surface area contributed by atoms with Crippen molar-refractivity contribution in [1.82, 2.24) is 19.9 Å². The molecule has 156 valence electrons. The van der Waals surface area contributed by atoms with Crippen LogP contribution >= 0.6 is 0 Å². The number of halogens is 4. The lowest BCUT2D eigenvalue weighted by Crippen LogP contribution is -1.88. The van der Waals surface area contributed by atoms with Gasteiger partial charge in [-0.15, -0.1) is 0 Å². The smallest absolute Gasteiger partial charge is 0.172 e. The number of benzene rings is 1. The summed E-state index contributed by atoms with van der Waals surface area (Å²) < 4.78 is 60.8. The molecule has 0 fully saturated rings. The van der Waals surface area contributed by atoms with Crippen molar-refractivity contribution in [1.29, 1.82) is 0 Å². The van der Waals surface area contributed by atoms with Crippen LogP contribution in [0, 0.1) is 23.3 Å². The van der Waals surface area contributed by atoms with E-state index in [2.05, 4.69) is 19.9 Å². The number of aromatic amines is 2. The highest BCUT2D eigenvalue weighted by atomic mass is 19.1. The summed E-state index contributed by atoms with van der Waals surface area (Å²) in [5.74, 6) is -3.03.